The summed E-state index contributed by atoms with van der Waals surface area (Å²) in [7, 11) is 1.80. The summed E-state index contributed by atoms with van der Waals surface area (Å²) >= 11 is 2.04. The van der Waals surface area contributed by atoms with Gasteiger partial charge in [0.25, 0.3) is 0 Å². The van der Waals surface area contributed by atoms with Crippen molar-refractivity contribution in [2.45, 2.75) is 18.6 Å². The van der Waals surface area contributed by atoms with Gasteiger partial charge in [-0.3, -0.25) is 9.79 Å². The first-order valence-corrected chi connectivity index (χ1v) is 10.9. The molecule has 2 heterocycles. The Morgan fingerprint density at radius 2 is 1.89 bits per heavy atom. The zero-order chi connectivity index (χ0) is 19.1. The van der Waals surface area contributed by atoms with Crippen LogP contribution in [0.4, 0.5) is 5.69 Å². The first kappa shape index (κ1) is 19.9. The van der Waals surface area contributed by atoms with Crippen molar-refractivity contribution in [1.29, 1.82) is 0 Å². The van der Waals surface area contributed by atoms with Gasteiger partial charge in [-0.25, -0.2) is 0 Å². The number of nitrogens with zero attached hydrogens (tertiary/aromatic N) is 4. The maximum absolute atomic E-state index is 12.6. The van der Waals surface area contributed by atoms with Gasteiger partial charge in [0.2, 0.25) is 5.91 Å². The van der Waals surface area contributed by atoms with Crippen LogP contribution in [0.2, 0.25) is 0 Å². The number of guanidine groups is 1. The SMILES string of the molecule is CCC1CN(C(=NC)NCC(=O)N2CCN(c3ccccc3)CC2)CCS1. The predicted octanol–water partition coefficient (Wildman–Crippen LogP) is 1.74. The fraction of sp³-hybridized carbons (Fsp3) is 0.600. The van der Waals surface area contributed by atoms with Crippen LogP contribution in [-0.4, -0.2) is 85.5 Å². The molecule has 2 fully saturated rings. The lowest BCUT2D eigenvalue weighted by Crippen LogP contribution is -2.53. The average molecular weight is 390 g/mol. The molecule has 3 rings (SSSR count). The summed E-state index contributed by atoms with van der Waals surface area (Å²) in [6.07, 6.45) is 1.17. The van der Waals surface area contributed by atoms with E-state index >= 15 is 0 Å². The van der Waals surface area contributed by atoms with E-state index in [-0.39, 0.29) is 5.91 Å². The second-order valence-corrected chi connectivity index (χ2v) is 8.36. The van der Waals surface area contributed by atoms with Crippen LogP contribution in [-0.2, 0) is 4.79 Å². The largest absolute Gasteiger partial charge is 0.368 e. The molecular formula is C20H31N5OS. The minimum absolute atomic E-state index is 0.155. The normalized spacial score (nSPS) is 21.3. The number of aliphatic imine (C=N–C) groups is 1. The highest BCUT2D eigenvalue weighted by atomic mass is 32.2. The molecular weight excluding hydrogens is 358 g/mol. The van der Waals surface area contributed by atoms with Crippen LogP contribution >= 0.6 is 11.8 Å². The molecule has 0 bridgehead atoms. The second-order valence-electron chi connectivity index (χ2n) is 6.95. The third-order valence-electron chi connectivity index (χ3n) is 5.26. The molecule has 148 valence electrons. The maximum Gasteiger partial charge on any atom is 0.242 e. The monoisotopic (exact) mass is 389 g/mol. The van der Waals surface area contributed by atoms with Crippen molar-refractivity contribution in [2.24, 2.45) is 4.99 Å². The molecule has 6 nitrogen and oxygen atoms in total. The van der Waals surface area contributed by atoms with Crippen LogP contribution in [0.3, 0.4) is 0 Å². The number of para-hydroxylation sites is 1. The van der Waals surface area contributed by atoms with Gasteiger partial charge in [0.05, 0.1) is 6.54 Å². The third kappa shape index (κ3) is 5.31. The number of hydrogen-bond acceptors (Lipinski definition) is 4. The summed E-state index contributed by atoms with van der Waals surface area (Å²) in [6.45, 7) is 7.85. The topological polar surface area (TPSA) is 51.2 Å². The van der Waals surface area contributed by atoms with Gasteiger partial charge in [0.1, 0.15) is 0 Å². The Kier molecular flexibility index (Phi) is 7.26. The fourth-order valence-corrected chi connectivity index (χ4v) is 4.79. The van der Waals surface area contributed by atoms with Gasteiger partial charge in [-0.1, -0.05) is 25.1 Å². The Morgan fingerprint density at radius 3 is 2.56 bits per heavy atom. The Labute approximate surface area is 167 Å². The van der Waals surface area contributed by atoms with E-state index in [1.165, 1.54) is 12.1 Å². The highest BCUT2D eigenvalue weighted by Gasteiger charge is 2.24. The summed E-state index contributed by atoms with van der Waals surface area (Å²) in [4.78, 5) is 23.6. The van der Waals surface area contributed by atoms with Crippen molar-refractivity contribution in [3.05, 3.63) is 30.3 Å². The summed E-state index contributed by atoms with van der Waals surface area (Å²) in [6, 6.07) is 10.4. The maximum atomic E-state index is 12.6. The van der Waals surface area contributed by atoms with E-state index in [4.69, 9.17) is 0 Å². The van der Waals surface area contributed by atoms with E-state index in [2.05, 4.69) is 51.3 Å². The molecule has 1 atom stereocenters. The Morgan fingerprint density at radius 1 is 1.15 bits per heavy atom. The van der Waals surface area contributed by atoms with E-state index in [9.17, 15) is 4.79 Å². The molecule has 2 aliphatic heterocycles. The molecule has 0 spiro atoms. The van der Waals surface area contributed by atoms with Crippen LogP contribution in [0.5, 0.6) is 0 Å². The number of carbonyl (C=O) groups is 1. The summed E-state index contributed by atoms with van der Waals surface area (Å²) in [5.41, 5.74) is 1.23. The van der Waals surface area contributed by atoms with Crippen LogP contribution in [0, 0.1) is 0 Å². The Balaban J connectivity index is 1.45. The van der Waals surface area contributed by atoms with Crippen molar-refractivity contribution >= 4 is 29.3 Å². The third-order valence-corrected chi connectivity index (χ3v) is 6.63. The quantitative estimate of drug-likeness (QED) is 0.628. The number of piperazine rings is 1. The number of anilines is 1. The Hall–Kier alpha value is -1.89. The van der Waals surface area contributed by atoms with Crippen molar-refractivity contribution in [2.75, 3.05) is 63.5 Å². The predicted molar refractivity (Wildman–Crippen MR) is 115 cm³/mol. The molecule has 1 unspecified atom stereocenters. The van der Waals surface area contributed by atoms with E-state index in [1.54, 1.807) is 7.05 Å². The van der Waals surface area contributed by atoms with Gasteiger partial charge in [0, 0.05) is 63.0 Å². The van der Waals surface area contributed by atoms with Gasteiger partial charge in [-0.05, 0) is 18.6 Å². The van der Waals surface area contributed by atoms with E-state index in [0.717, 1.165) is 51.0 Å². The molecule has 27 heavy (non-hydrogen) atoms. The molecule has 0 aromatic heterocycles. The second kappa shape index (κ2) is 9.88. The Bertz CT molecular complexity index is 631. The molecule has 1 aromatic rings. The fourth-order valence-electron chi connectivity index (χ4n) is 3.61. The number of rotatable bonds is 4. The molecule has 1 N–H and O–H groups in total. The van der Waals surface area contributed by atoms with Crippen molar-refractivity contribution in [3.63, 3.8) is 0 Å². The molecule has 1 amide bonds. The van der Waals surface area contributed by atoms with Crippen molar-refractivity contribution < 1.29 is 4.79 Å². The minimum atomic E-state index is 0.155. The zero-order valence-electron chi connectivity index (χ0n) is 16.4. The number of benzene rings is 1. The molecule has 0 aliphatic carbocycles. The smallest absolute Gasteiger partial charge is 0.242 e. The number of amides is 1. The van der Waals surface area contributed by atoms with E-state index in [1.807, 2.05) is 22.7 Å². The van der Waals surface area contributed by atoms with Crippen LogP contribution < -0.4 is 10.2 Å². The lowest BCUT2D eigenvalue weighted by atomic mass is 10.2. The summed E-state index contributed by atoms with van der Waals surface area (Å²) < 4.78 is 0. The zero-order valence-corrected chi connectivity index (χ0v) is 17.2. The molecule has 7 heteroatoms. The van der Waals surface area contributed by atoms with E-state index in [0.29, 0.717) is 11.8 Å². The first-order chi connectivity index (χ1) is 13.2. The number of nitrogens with one attached hydrogen (secondary N) is 1. The molecule has 2 saturated heterocycles. The van der Waals surface area contributed by atoms with Gasteiger partial charge in [-0.15, -0.1) is 0 Å². The number of thioether (sulfide) groups is 1. The van der Waals surface area contributed by atoms with Crippen LogP contribution in [0.1, 0.15) is 13.3 Å². The molecule has 2 aliphatic rings. The van der Waals surface area contributed by atoms with Gasteiger partial charge in [0.15, 0.2) is 5.96 Å². The summed E-state index contributed by atoms with van der Waals surface area (Å²) in [5, 5.41) is 3.94. The van der Waals surface area contributed by atoms with Crippen molar-refractivity contribution in [1.82, 2.24) is 15.1 Å². The summed E-state index contributed by atoms with van der Waals surface area (Å²) in [5.74, 6) is 2.13. The molecule has 0 saturated carbocycles. The highest BCUT2D eigenvalue weighted by molar-refractivity contribution is 8.00. The van der Waals surface area contributed by atoms with Gasteiger partial charge >= 0.3 is 0 Å². The minimum Gasteiger partial charge on any atom is -0.368 e. The lowest BCUT2D eigenvalue weighted by molar-refractivity contribution is -0.130. The van der Waals surface area contributed by atoms with E-state index < -0.39 is 0 Å². The first-order valence-electron chi connectivity index (χ1n) is 9.86. The standard InChI is InChI=1S/C20H31N5OS/c1-3-18-16-25(13-14-27-18)20(21-2)22-15-19(26)24-11-9-23(10-12-24)17-7-5-4-6-8-17/h4-8,18H,3,9-16H2,1-2H3,(H,21,22). The van der Waals surface area contributed by atoms with Crippen LogP contribution in [0.25, 0.3) is 0 Å². The average Bonchev–Trinajstić information content (AvgIpc) is 2.75. The van der Waals surface area contributed by atoms with Crippen LogP contribution in [0.15, 0.2) is 35.3 Å². The molecule has 0 radical (unpaired) electrons. The van der Waals surface area contributed by atoms with Gasteiger partial charge < -0.3 is 20.0 Å². The molecule has 1 aromatic carbocycles. The number of carbonyl (C=O) groups excluding carboxylic acids is 1. The van der Waals surface area contributed by atoms with Gasteiger partial charge in [-0.2, -0.15) is 11.8 Å². The van der Waals surface area contributed by atoms with Crippen molar-refractivity contribution in [3.8, 4) is 0 Å². The highest BCUT2D eigenvalue weighted by Crippen LogP contribution is 2.21. The number of hydrogen-bond donors (Lipinski definition) is 1. The lowest BCUT2D eigenvalue weighted by Gasteiger charge is -2.37.